The lowest BCUT2D eigenvalue weighted by molar-refractivity contribution is -0.790. The molecule has 1 unspecified atom stereocenters. The summed E-state index contributed by atoms with van der Waals surface area (Å²) in [6, 6.07) is 6.55. The lowest BCUT2D eigenvalue weighted by Crippen LogP contribution is -2.72. The summed E-state index contributed by atoms with van der Waals surface area (Å²) in [5.41, 5.74) is 0.419. The van der Waals surface area contributed by atoms with E-state index in [1.165, 1.54) is 0 Å². The van der Waals surface area contributed by atoms with Crippen molar-refractivity contribution < 1.29 is 28.8 Å². The highest BCUT2D eigenvalue weighted by Gasteiger charge is 2.59. The zero-order chi connectivity index (χ0) is 18.2. The predicted octanol–water partition coefficient (Wildman–Crippen LogP) is 1.42. The van der Waals surface area contributed by atoms with Crippen LogP contribution in [0.4, 0.5) is 9.59 Å². The van der Waals surface area contributed by atoms with E-state index in [0.717, 1.165) is 4.90 Å². The summed E-state index contributed by atoms with van der Waals surface area (Å²) in [6.07, 6.45) is 0.00322. The molecule has 2 heterocycles. The number of likely N-dealkylation sites (tertiary alicyclic amines) is 2. The van der Waals surface area contributed by atoms with Gasteiger partial charge in [0.05, 0.1) is 13.1 Å². The van der Waals surface area contributed by atoms with Gasteiger partial charge in [0, 0.05) is 18.4 Å². The summed E-state index contributed by atoms with van der Waals surface area (Å²) in [6.45, 7) is 1.88. The molecule has 2 N–H and O–H groups in total. The summed E-state index contributed by atoms with van der Waals surface area (Å²) >= 11 is 0. The fourth-order valence-electron chi connectivity index (χ4n) is 3.48. The lowest BCUT2D eigenvalue weighted by atomic mass is 10.1. The molecule has 2 aliphatic heterocycles. The number of urea groups is 1. The fourth-order valence-corrected chi connectivity index (χ4v) is 3.48. The van der Waals surface area contributed by atoms with Crippen molar-refractivity contribution in [1.82, 2.24) is 10.2 Å². The Morgan fingerprint density at radius 1 is 1.24 bits per heavy atom. The van der Waals surface area contributed by atoms with Crippen LogP contribution in [0.15, 0.2) is 30.3 Å². The number of carbonyl (C=O) groups excluding carboxylic acids is 3. The quantitative estimate of drug-likeness (QED) is 0.623. The van der Waals surface area contributed by atoms with Crippen molar-refractivity contribution in [1.29, 1.82) is 0 Å². The third-order valence-electron chi connectivity index (χ3n) is 5.07. The normalized spacial score (nSPS) is 28.4. The van der Waals surface area contributed by atoms with Crippen LogP contribution in [0.2, 0.25) is 0 Å². The Morgan fingerprint density at radius 3 is 2.44 bits per heavy atom. The molecular weight excluding hydrogens is 326 g/mol. The van der Waals surface area contributed by atoms with Gasteiger partial charge in [0.2, 0.25) is 0 Å². The molecule has 0 radical (unpaired) electrons. The number of amides is 5. The van der Waals surface area contributed by atoms with Crippen LogP contribution in [0.25, 0.3) is 0 Å². The van der Waals surface area contributed by atoms with Crippen LogP contribution in [0, 0.1) is 0 Å². The van der Waals surface area contributed by atoms with E-state index in [4.69, 9.17) is 0 Å². The predicted molar refractivity (Wildman–Crippen MR) is 86.7 cm³/mol. The summed E-state index contributed by atoms with van der Waals surface area (Å²) < 4.78 is -0.745. The largest absolute Gasteiger partial charge is 0.523 e. The molecule has 1 aromatic carbocycles. The zero-order valence-electron chi connectivity index (χ0n) is 13.8. The molecule has 8 nitrogen and oxygen atoms in total. The van der Waals surface area contributed by atoms with Gasteiger partial charge in [0.1, 0.15) is 12.1 Å². The van der Waals surface area contributed by atoms with Gasteiger partial charge in [0.15, 0.2) is 0 Å². The summed E-state index contributed by atoms with van der Waals surface area (Å²) in [4.78, 5) is 49.7. The van der Waals surface area contributed by atoms with Crippen molar-refractivity contribution in [3.8, 4) is 0 Å². The standard InChI is InChI=1S/C17H19N3O5/c1-11-6-5-9-20(11,17(24)25)16(23)19-10-13(15(19)22)18-14(21)12-7-3-2-4-8-12/h2-4,7-8,11,13H,5-6,9-10H2,1H3,(H-,18,21,24,25)/p+1/t11-,13+,20?/m1/s1. The first-order valence-electron chi connectivity index (χ1n) is 8.21. The van der Waals surface area contributed by atoms with Gasteiger partial charge in [-0.1, -0.05) is 18.2 Å². The van der Waals surface area contributed by atoms with Crippen molar-refractivity contribution in [3.63, 3.8) is 0 Å². The van der Waals surface area contributed by atoms with Gasteiger partial charge in [-0.25, -0.2) is 9.69 Å². The number of hydrogen-bond donors (Lipinski definition) is 2. The Labute approximate surface area is 144 Å². The maximum absolute atomic E-state index is 12.7. The summed E-state index contributed by atoms with van der Waals surface area (Å²) in [5, 5.41) is 12.1. The van der Waals surface area contributed by atoms with Crippen LogP contribution in [0.1, 0.15) is 30.1 Å². The minimum absolute atomic E-state index is 0.00373. The van der Waals surface area contributed by atoms with Gasteiger partial charge >= 0.3 is 12.1 Å². The second-order valence-corrected chi connectivity index (χ2v) is 6.49. The Hall–Kier alpha value is -2.74. The van der Waals surface area contributed by atoms with Crippen LogP contribution in [0.3, 0.4) is 0 Å². The minimum Gasteiger partial charge on any atom is -0.435 e. The SMILES string of the molecule is C[C@@H]1CCC[N+]1(C(=O)O)C(=O)N1C[C@H](NC(=O)c2ccccc2)C1=O. The van der Waals surface area contributed by atoms with Gasteiger partial charge in [-0.05, 0) is 19.1 Å². The van der Waals surface area contributed by atoms with E-state index in [0.29, 0.717) is 18.4 Å². The number of rotatable bonds is 2. The number of β-lactam (4-membered cyclic amide) rings is 1. The fraction of sp³-hybridized carbons (Fsp3) is 0.412. The molecule has 5 amide bonds. The molecule has 132 valence electrons. The molecule has 2 aliphatic rings. The minimum atomic E-state index is -1.24. The molecule has 2 fully saturated rings. The summed E-state index contributed by atoms with van der Waals surface area (Å²) in [7, 11) is 0. The number of carbonyl (C=O) groups is 4. The third-order valence-corrected chi connectivity index (χ3v) is 5.07. The van der Waals surface area contributed by atoms with Gasteiger partial charge in [-0.15, -0.1) is 4.48 Å². The van der Waals surface area contributed by atoms with E-state index in [1.54, 1.807) is 37.3 Å². The van der Waals surface area contributed by atoms with Gasteiger partial charge in [0.25, 0.3) is 11.8 Å². The van der Waals surface area contributed by atoms with Crippen molar-refractivity contribution >= 4 is 23.9 Å². The third kappa shape index (κ3) is 2.68. The van der Waals surface area contributed by atoms with E-state index in [9.17, 15) is 24.3 Å². The molecule has 0 spiro atoms. The van der Waals surface area contributed by atoms with Crippen LogP contribution < -0.4 is 5.32 Å². The molecule has 0 saturated carbocycles. The maximum Gasteiger partial charge on any atom is 0.523 e. The van der Waals surface area contributed by atoms with Crippen molar-refractivity contribution in [2.24, 2.45) is 0 Å². The summed E-state index contributed by atoms with van der Waals surface area (Å²) in [5.74, 6) is -0.963. The van der Waals surface area contributed by atoms with Gasteiger partial charge in [-0.2, -0.15) is 4.79 Å². The molecule has 3 atom stereocenters. The Morgan fingerprint density at radius 2 is 1.92 bits per heavy atom. The average molecular weight is 346 g/mol. The topological polar surface area (TPSA) is 104 Å². The van der Waals surface area contributed by atoms with Crippen molar-refractivity contribution in [3.05, 3.63) is 35.9 Å². The molecule has 3 rings (SSSR count). The van der Waals surface area contributed by atoms with Crippen LogP contribution in [0.5, 0.6) is 0 Å². The first-order valence-corrected chi connectivity index (χ1v) is 8.21. The number of nitrogens with one attached hydrogen (secondary N) is 1. The number of imide groups is 2. The van der Waals surface area contributed by atoms with E-state index in [-0.39, 0.29) is 19.1 Å². The van der Waals surface area contributed by atoms with Crippen molar-refractivity contribution in [2.45, 2.75) is 31.8 Å². The van der Waals surface area contributed by atoms with Crippen LogP contribution in [-0.4, -0.2) is 63.6 Å². The second-order valence-electron chi connectivity index (χ2n) is 6.49. The Kier molecular flexibility index (Phi) is 4.30. The Bertz CT molecular complexity index is 735. The number of hydrogen-bond acceptors (Lipinski definition) is 4. The van der Waals surface area contributed by atoms with E-state index in [2.05, 4.69) is 5.32 Å². The monoisotopic (exact) mass is 346 g/mol. The maximum atomic E-state index is 12.7. The second kappa shape index (κ2) is 6.29. The van der Waals surface area contributed by atoms with E-state index in [1.807, 2.05) is 0 Å². The number of nitrogens with zero attached hydrogens (tertiary/aromatic N) is 2. The molecule has 1 aromatic rings. The average Bonchev–Trinajstić information content (AvgIpc) is 3.00. The van der Waals surface area contributed by atoms with Gasteiger partial charge < -0.3 is 10.4 Å². The first-order chi connectivity index (χ1) is 11.9. The molecule has 2 saturated heterocycles. The molecule has 0 aromatic heterocycles. The smallest absolute Gasteiger partial charge is 0.435 e. The van der Waals surface area contributed by atoms with Crippen molar-refractivity contribution in [2.75, 3.05) is 13.1 Å². The number of carboxylic acid groups (broad SMARTS) is 1. The van der Waals surface area contributed by atoms with Gasteiger partial charge in [-0.3, -0.25) is 9.59 Å². The first kappa shape index (κ1) is 17.1. The lowest BCUT2D eigenvalue weighted by Gasteiger charge is -2.40. The highest BCUT2D eigenvalue weighted by molar-refractivity contribution is 6.05. The number of benzene rings is 1. The molecule has 25 heavy (non-hydrogen) atoms. The zero-order valence-corrected chi connectivity index (χ0v) is 13.8. The van der Waals surface area contributed by atoms with E-state index >= 15 is 0 Å². The van der Waals surface area contributed by atoms with Crippen LogP contribution >= 0.6 is 0 Å². The molecule has 0 aliphatic carbocycles. The number of quaternary nitrogens is 1. The highest BCUT2D eigenvalue weighted by Crippen LogP contribution is 2.31. The Balaban J connectivity index is 1.67. The van der Waals surface area contributed by atoms with E-state index < -0.39 is 34.5 Å². The molecular formula is C17H20N3O5+. The molecule has 8 heteroatoms. The highest BCUT2D eigenvalue weighted by atomic mass is 16.4. The molecule has 0 bridgehead atoms. The van der Waals surface area contributed by atoms with Crippen LogP contribution in [-0.2, 0) is 4.79 Å².